The van der Waals surface area contributed by atoms with E-state index in [2.05, 4.69) is 5.32 Å². The molecule has 0 saturated heterocycles. The number of carboxylic acid groups (broad SMARTS) is 1. The summed E-state index contributed by atoms with van der Waals surface area (Å²) in [5.41, 5.74) is 0.953. The minimum absolute atomic E-state index is 0.103. The lowest BCUT2D eigenvalue weighted by molar-refractivity contribution is -0.132. The summed E-state index contributed by atoms with van der Waals surface area (Å²) in [5, 5.41) is 19.0. The van der Waals surface area contributed by atoms with Crippen LogP contribution in [-0.4, -0.2) is 29.9 Å². The molecule has 0 radical (unpaired) electrons. The second-order valence-corrected chi connectivity index (χ2v) is 4.19. The highest BCUT2D eigenvalue weighted by Gasteiger charge is 2.15. The zero-order chi connectivity index (χ0) is 14.1. The van der Waals surface area contributed by atoms with Gasteiger partial charge >= 0.3 is 5.97 Å². The minimum Gasteiger partial charge on any atom is -0.477 e. The first-order chi connectivity index (χ1) is 8.42. The number of aliphatic carboxylic acids is 1. The van der Waals surface area contributed by atoms with Gasteiger partial charge in [-0.05, 0) is 27.2 Å². The summed E-state index contributed by atoms with van der Waals surface area (Å²) < 4.78 is 5.50. The molecule has 0 heterocycles. The fourth-order valence-electron chi connectivity index (χ4n) is 1.06. The number of rotatable bonds is 8. The van der Waals surface area contributed by atoms with E-state index in [9.17, 15) is 4.79 Å². The molecule has 0 aliphatic heterocycles. The molecular formula is C13H22N2O3. The fourth-order valence-corrected chi connectivity index (χ4v) is 1.06. The quantitative estimate of drug-likeness (QED) is 0.269. The molecule has 5 nitrogen and oxygen atoms in total. The predicted octanol–water partition coefficient (Wildman–Crippen LogP) is 2.30. The van der Waals surface area contributed by atoms with E-state index in [1.807, 2.05) is 33.8 Å². The Hall–Kier alpha value is -1.78. The Bertz CT molecular complexity index is 355. The summed E-state index contributed by atoms with van der Waals surface area (Å²) in [7, 11) is 0. The molecule has 0 bridgehead atoms. The summed E-state index contributed by atoms with van der Waals surface area (Å²) in [5.74, 6) is -1.03. The van der Waals surface area contributed by atoms with Crippen molar-refractivity contribution in [2.24, 2.45) is 0 Å². The van der Waals surface area contributed by atoms with E-state index in [-0.39, 0.29) is 17.6 Å². The van der Waals surface area contributed by atoms with Crippen LogP contribution in [0.4, 0.5) is 0 Å². The van der Waals surface area contributed by atoms with Crippen molar-refractivity contribution in [1.82, 2.24) is 5.32 Å². The van der Waals surface area contributed by atoms with Crippen molar-refractivity contribution in [1.29, 1.82) is 5.41 Å². The number of nitrogens with one attached hydrogen (secondary N) is 2. The molecule has 1 unspecified atom stereocenters. The van der Waals surface area contributed by atoms with Gasteiger partial charge in [0.25, 0.3) is 0 Å². The number of allylic oxidation sites excluding steroid dienone is 1. The van der Waals surface area contributed by atoms with E-state index in [0.717, 1.165) is 18.2 Å². The van der Waals surface area contributed by atoms with Crippen LogP contribution in [0.5, 0.6) is 0 Å². The van der Waals surface area contributed by atoms with E-state index in [1.165, 1.54) is 0 Å². The molecule has 0 fully saturated rings. The van der Waals surface area contributed by atoms with Crippen LogP contribution in [0.25, 0.3) is 0 Å². The van der Waals surface area contributed by atoms with Gasteiger partial charge in [-0.1, -0.05) is 18.6 Å². The Morgan fingerprint density at radius 3 is 2.50 bits per heavy atom. The fraction of sp³-hybridized carbons (Fsp3) is 0.538. The third-order valence-corrected chi connectivity index (χ3v) is 2.29. The Morgan fingerprint density at radius 2 is 2.11 bits per heavy atom. The monoisotopic (exact) mass is 254 g/mol. The molecule has 5 heteroatoms. The van der Waals surface area contributed by atoms with Gasteiger partial charge in [0.2, 0.25) is 5.88 Å². The Kier molecular flexibility index (Phi) is 7.51. The van der Waals surface area contributed by atoms with Gasteiger partial charge in [-0.25, -0.2) is 4.79 Å². The van der Waals surface area contributed by atoms with E-state index < -0.39 is 5.97 Å². The molecule has 0 aromatic carbocycles. The Morgan fingerprint density at radius 1 is 1.50 bits per heavy atom. The third-order valence-electron chi connectivity index (χ3n) is 2.29. The van der Waals surface area contributed by atoms with Crippen LogP contribution in [0, 0.1) is 5.41 Å². The molecule has 3 N–H and O–H groups in total. The van der Waals surface area contributed by atoms with Gasteiger partial charge in [0, 0.05) is 12.8 Å². The summed E-state index contributed by atoms with van der Waals surface area (Å²) in [6.07, 6.45) is 3.37. The minimum atomic E-state index is -1.17. The lowest BCUT2D eigenvalue weighted by Crippen LogP contribution is -2.24. The van der Waals surface area contributed by atoms with Crippen LogP contribution in [-0.2, 0) is 9.53 Å². The molecular weight excluding hydrogens is 232 g/mol. The summed E-state index contributed by atoms with van der Waals surface area (Å²) in [6, 6.07) is 0. The Balaban J connectivity index is 4.97. The summed E-state index contributed by atoms with van der Waals surface area (Å²) in [6.45, 7) is 8.18. The van der Waals surface area contributed by atoms with Crippen molar-refractivity contribution in [2.45, 2.75) is 40.2 Å². The van der Waals surface area contributed by atoms with E-state index in [4.69, 9.17) is 15.3 Å². The maximum absolute atomic E-state index is 11.0. The van der Waals surface area contributed by atoms with Crippen LogP contribution >= 0.6 is 0 Å². The van der Waals surface area contributed by atoms with Gasteiger partial charge in [-0.15, -0.1) is 0 Å². The van der Waals surface area contributed by atoms with Crippen molar-refractivity contribution < 1.29 is 14.6 Å². The molecule has 1 atom stereocenters. The molecule has 0 saturated carbocycles. The van der Waals surface area contributed by atoms with Crippen molar-refractivity contribution >= 4 is 12.2 Å². The van der Waals surface area contributed by atoms with Gasteiger partial charge in [-0.3, -0.25) is 0 Å². The van der Waals surface area contributed by atoms with Crippen LogP contribution in [0.2, 0.25) is 0 Å². The molecule has 0 aromatic heterocycles. The highest BCUT2D eigenvalue weighted by atomic mass is 16.5. The second kappa shape index (κ2) is 8.33. The standard InChI is InChI=1S/C13H22N2O3/c1-5-10(4)18-12(11(8-14)13(16)17)15-7-6-9(2)3/h6,8,10,14-15H,5,7H2,1-4H3,(H,16,17)/b12-11-,14-8?. The normalized spacial score (nSPS) is 13.1. The lowest BCUT2D eigenvalue weighted by atomic mass is 10.2. The smallest absolute Gasteiger partial charge is 0.342 e. The Labute approximate surface area is 108 Å². The maximum Gasteiger partial charge on any atom is 0.342 e. The van der Waals surface area contributed by atoms with Crippen molar-refractivity contribution in [2.75, 3.05) is 6.54 Å². The molecule has 0 amide bonds. The van der Waals surface area contributed by atoms with Crippen LogP contribution in [0.15, 0.2) is 23.1 Å². The third kappa shape index (κ3) is 6.08. The van der Waals surface area contributed by atoms with Crippen molar-refractivity contribution in [3.8, 4) is 0 Å². The molecule has 0 aliphatic rings. The summed E-state index contributed by atoms with van der Waals surface area (Å²) in [4.78, 5) is 11.0. The predicted molar refractivity (Wildman–Crippen MR) is 71.7 cm³/mol. The molecule has 0 rings (SSSR count). The largest absolute Gasteiger partial charge is 0.477 e. The average molecular weight is 254 g/mol. The molecule has 0 aromatic rings. The second-order valence-electron chi connectivity index (χ2n) is 4.19. The topological polar surface area (TPSA) is 82.4 Å². The zero-order valence-electron chi connectivity index (χ0n) is 11.4. The van der Waals surface area contributed by atoms with Gasteiger partial charge in [0.15, 0.2) is 0 Å². The molecule has 102 valence electrons. The highest BCUT2D eigenvalue weighted by molar-refractivity contribution is 6.07. The van der Waals surface area contributed by atoms with E-state index in [0.29, 0.717) is 6.54 Å². The van der Waals surface area contributed by atoms with Crippen LogP contribution < -0.4 is 5.32 Å². The highest BCUT2D eigenvalue weighted by Crippen LogP contribution is 2.08. The molecule has 18 heavy (non-hydrogen) atoms. The first-order valence-corrected chi connectivity index (χ1v) is 5.94. The zero-order valence-corrected chi connectivity index (χ0v) is 11.4. The molecule has 0 spiro atoms. The van der Waals surface area contributed by atoms with Gasteiger partial charge < -0.3 is 20.6 Å². The first-order valence-electron chi connectivity index (χ1n) is 5.94. The van der Waals surface area contributed by atoms with Crippen molar-refractivity contribution in [3.05, 3.63) is 23.1 Å². The van der Waals surface area contributed by atoms with Crippen LogP contribution in [0.3, 0.4) is 0 Å². The number of hydrogen-bond donors (Lipinski definition) is 3. The van der Waals surface area contributed by atoms with E-state index in [1.54, 1.807) is 0 Å². The van der Waals surface area contributed by atoms with Crippen LogP contribution in [0.1, 0.15) is 34.1 Å². The van der Waals surface area contributed by atoms with E-state index >= 15 is 0 Å². The summed E-state index contributed by atoms with van der Waals surface area (Å²) >= 11 is 0. The van der Waals surface area contributed by atoms with Gasteiger partial charge in [-0.2, -0.15) is 0 Å². The number of ether oxygens (including phenoxy) is 1. The SMILES string of the molecule is CCC(C)O/C(NCC=C(C)C)=C(/C=N)C(=O)O. The molecule has 0 aliphatic carbocycles. The number of hydrogen-bond acceptors (Lipinski definition) is 4. The number of carboxylic acids is 1. The number of carbonyl (C=O) groups is 1. The van der Waals surface area contributed by atoms with Crippen molar-refractivity contribution in [3.63, 3.8) is 0 Å². The lowest BCUT2D eigenvalue weighted by Gasteiger charge is -2.18. The first kappa shape index (κ1) is 16.2. The van der Waals surface area contributed by atoms with Gasteiger partial charge in [0.1, 0.15) is 5.57 Å². The van der Waals surface area contributed by atoms with Gasteiger partial charge in [0.05, 0.1) is 6.10 Å². The average Bonchev–Trinajstić information content (AvgIpc) is 2.28. The maximum atomic E-state index is 11.0.